The van der Waals surface area contributed by atoms with Crippen LogP contribution in [0.5, 0.6) is 0 Å². The molecule has 4 aliphatic carbocycles. The molecule has 0 aromatic heterocycles. The van der Waals surface area contributed by atoms with E-state index < -0.39 is 0 Å². The molecule has 0 amide bonds. The summed E-state index contributed by atoms with van der Waals surface area (Å²) in [5.74, 6) is 0.809. The van der Waals surface area contributed by atoms with Gasteiger partial charge in [-0.05, 0) is 96.6 Å². The van der Waals surface area contributed by atoms with Gasteiger partial charge in [0.15, 0.2) is 0 Å². The van der Waals surface area contributed by atoms with Gasteiger partial charge in [0.2, 0.25) is 0 Å². The summed E-state index contributed by atoms with van der Waals surface area (Å²) >= 11 is 0. The smallest absolute Gasteiger partial charge is 0.101 e. The largest absolute Gasteiger partial charge is 0.192 e. The number of nitriles is 6. The number of rotatable bonds is 2. The Labute approximate surface area is 198 Å². The predicted octanol–water partition coefficient (Wildman–Crippen LogP) is 4.71. The summed E-state index contributed by atoms with van der Waals surface area (Å²) in [7, 11) is 0. The summed E-state index contributed by atoms with van der Waals surface area (Å²) in [6.45, 7) is 0. The van der Waals surface area contributed by atoms with Crippen molar-refractivity contribution in [3.8, 4) is 36.4 Å². The molecule has 34 heavy (non-hydrogen) atoms. The molecule has 4 fully saturated rings. The Kier molecular flexibility index (Phi) is 4.66. The van der Waals surface area contributed by atoms with E-state index in [0.29, 0.717) is 29.4 Å². The molecule has 0 heterocycles. The fourth-order valence-corrected chi connectivity index (χ4v) is 7.52. The van der Waals surface area contributed by atoms with Crippen LogP contribution in [0.15, 0.2) is 24.3 Å². The van der Waals surface area contributed by atoms with Crippen LogP contribution >= 0.6 is 0 Å². The van der Waals surface area contributed by atoms with E-state index in [2.05, 4.69) is 24.3 Å². The Morgan fingerprint density at radius 3 is 1.15 bits per heavy atom. The van der Waals surface area contributed by atoms with Crippen molar-refractivity contribution in [3.05, 3.63) is 68.8 Å². The highest BCUT2D eigenvalue weighted by molar-refractivity contribution is 5.59. The highest BCUT2D eigenvalue weighted by Crippen LogP contribution is 2.67. The zero-order chi connectivity index (χ0) is 24.1. The van der Waals surface area contributed by atoms with Gasteiger partial charge in [0.05, 0.1) is 45.5 Å². The van der Waals surface area contributed by atoms with Gasteiger partial charge >= 0.3 is 0 Å². The van der Waals surface area contributed by atoms with Gasteiger partial charge in [0.25, 0.3) is 0 Å². The lowest BCUT2D eigenvalue weighted by Crippen LogP contribution is -2.56. The van der Waals surface area contributed by atoms with Gasteiger partial charge in [-0.15, -0.1) is 0 Å². The molecule has 0 radical (unpaired) electrons. The lowest BCUT2D eigenvalue weighted by molar-refractivity contribution is -0.0283. The standard InChI is InChI=1S/C28H18N6/c29-10-19-2-23(14-33)25(4-21(19)12-31)27-6-17-1-18(7-27)9-28(8-17,16-27)26-5-22(13-32)20(11-30)3-24(26)15-34/h2-5,17-18H,1,6-9,16H2. The molecule has 0 spiro atoms. The molecule has 160 valence electrons. The van der Waals surface area contributed by atoms with E-state index in [0.717, 1.165) is 43.2 Å². The van der Waals surface area contributed by atoms with E-state index in [4.69, 9.17) is 0 Å². The molecule has 4 aliphatic rings. The van der Waals surface area contributed by atoms with Crippen LogP contribution in [-0.4, -0.2) is 0 Å². The lowest BCUT2D eigenvalue weighted by atomic mass is 9.41. The van der Waals surface area contributed by atoms with Crippen LogP contribution in [0.4, 0.5) is 0 Å². The van der Waals surface area contributed by atoms with Crippen LogP contribution < -0.4 is 0 Å². The molecule has 0 N–H and O–H groups in total. The van der Waals surface area contributed by atoms with Gasteiger partial charge < -0.3 is 0 Å². The van der Waals surface area contributed by atoms with Crippen molar-refractivity contribution in [3.63, 3.8) is 0 Å². The molecule has 0 saturated heterocycles. The fraction of sp³-hybridized carbons (Fsp3) is 0.357. The first-order valence-corrected chi connectivity index (χ1v) is 11.2. The van der Waals surface area contributed by atoms with Crippen LogP contribution in [-0.2, 0) is 10.8 Å². The Hall–Kier alpha value is -4.62. The molecular formula is C28H18N6. The predicted molar refractivity (Wildman–Crippen MR) is 119 cm³/mol. The van der Waals surface area contributed by atoms with Crippen molar-refractivity contribution in [1.29, 1.82) is 31.6 Å². The van der Waals surface area contributed by atoms with E-state index >= 15 is 0 Å². The summed E-state index contributed by atoms with van der Waals surface area (Å²) < 4.78 is 0. The fourth-order valence-electron chi connectivity index (χ4n) is 7.52. The third-order valence-corrected chi connectivity index (χ3v) is 8.24. The second kappa shape index (κ2) is 7.47. The first kappa shape index (κ1) is 21.2. The van der Waals surface area contributed by atoms with Gasteiger partial charge in [-0.25, -0.2) is 0 Å². The third-order valence-electron chi connectivity index (χ3n) is 8.24. The maximum Gasteiger partial charge on any atom is 0.101 e. The first-order valence-electron chi connectivity index (χ1n) is 11.2. The van der Waals surface area contributed by atoms with Crippen LogP contribution in [0.1, 0.15) is 83.0 Å². The quantitative estimate of drug-likeness (QED) is 0.664. The van der Waals surface area contributed by atoms with E-state index in [1.165, 1.54) is 12.1 Å². The highest BCUT2D eigenvalue weighted by atomic mass is 14.6. The molecule has 0 unspecified atom stereocenters. The summed E-state index contributed by atoms with van der Waals surface area (Å²) in [6, 6.07) is 19.4. The SMILES string of the molecule is N#Cc1cc(C#N)c(C23CC4CC(C2)CC(c2cc(C#N)c(C#N)cc2C#N)(C4)C3)cc1C#N. The minimum Gasteiger partial charge on any atom is -0.192 e. The maximum atomic E-state index is 9.94. The summed E-state index contributed by atoms with van der Waals surface area (Å²) in [5, 5.41) is 58.1. The molecule has 0 atom stereocenters. The van der Waals surface area contributed by atoms with Crippen LogP contribution in [0.3, 0.4) is 0 Å². The van der Waals surface area contributed by atoms with Gasteiger partial charge in [-0.3, -0.25) is 0 Å². The summed E-state index contributed by atoms with van der Waals surface area (Å²) in [4.78, 5) is 0. The molecule has 4 saturated carbocycles. The molecular weight excluding hydrogens is 420 g/mol. The number of hydrogen-bond donors (Lipinski definition) is 0. The third kappa shape index (κ3) is 2.88. The molecule has 2 aromatic rings. The first-order chi connectivity index (χ1) is 16.4. The average Bonchev–Trinajstić information content (AvgIpc) is 2.85. The molecule has 6 rings (SSSR count). The lowest BCUT2D eigenvalue weighted by Gasteiger charge is -2.63. The zero-order valence-electron chi connectivity index (χ0n) is 18.4. The van der Waals surface area contributed by atoms with Crippen LogP contribution in [0.25, 0.3) is 0 Å². The Bertz CT molecular complexity index is 1380. The second-order valence-corrected chi connectivity index (χ2v) is 10.1. The topological polar surface area (TPSA) is 143 Å². The van der Waals surface area contributed by atoms with E-state index in [-0.39, 0.29) is 33.1 Å². The Balaban J connectivity index is 1.72. The van der Waals surface area contributed by atoms with Gasteiger partial charge in [0, 0.05) is 0 Å². The van der Waals surface area contributed by atoms with Gasteiger partial charge in [0.1, 0.15) is 24.3 Å². The maximum absolute atomic E-state index is 9.94. The van der Waals surface area contributed by atoms with Crippen molar-refractivity contribution in [2.24, 2.45) is 11.8 Å². The monoisotopic (exact) mass is 438 g/mol. The Morgan fingerprint density at radius 1 is 0.500 bits per heavy atom. The van der Waals surface area contributed by atoms with Gasteiger partial charge in [-0.1, -0.05) is 0 Å². The molecule has 4 bridgehead atoms. The zero-order valence-corrected chi connectivity index (χ0v) is 18.4. The minimum atomic E-state index is -0.331. The van der Waals surface area contributed by atoms with Crippen molar-refractivity contribution >= 4 is 0 Å². The minimum absolute atomic E-state index is 0.208. The van der Waals surface area contributed by atoms with E-state index in [1.807, 2.05) is 12.1 Å². The van der Waals surface area contributed by atoms with Crippen molar-refractivity contribution < 1.29 is 0 Å². The van der Waals surface area contributed by atoms with Crippen molar-refractivity contribution in [2.75, 3.05) is 0 Å². The molecule has 0 aliphatic heterocycles. The second-order valence-electron chi connectivity index (χ2n) is 10.1. The summed E-state index contributed by atoms with van der Waals surface area (Å²) in [6.07, 6.45) is 5.42. The normalized spacial score (nSPS) is 27.9. The van der Waals surface area contributed by atoms with Crippen LogP contribution in [0.2, 0.25) is 0 Å². The highest BCUT2D eigenvalue weighted by Gasteiger charge is 2.59. The number of hydrogen-bond acceptors (Lipinski definition) is 6. The van der Waals surface area contributed by atoms with E-state index in [9.17, 15) is 31.6 Å². The van der Waals surface area contributed by atoms with Crippen LogP contribution in [0, 0.1) is 79.8 Å². The molecule has 6 heteroatoms. The Morgan fingerprint density at radius 2 is 0.824 bits per heavy atom. The van der Waals surface area contributed by atoms with Gasteiger partial charge in [-0.2, -0.15) is 31.6 Å². The number of nitrogens with zero attached hydrogens (tertiary/aromatic N) is 6. The van der Waals surface area contributed by atoms with Crippen molar-refractivity contribution in [1.82, 2.24) is 0 Å². The summed E-state index contributed by atoms with van der Waals surface area (Å²) in [5.41, 5.74) is 2.85. The van der Waals surface area contributed by atoms with Crippen molar-refractivity contribution in [2.45, 2.75) is 49.4 Å². The average molecular weight is 438 g/mol. The van der Waals surface area contributed by atoms with E-state index in [1.54, 1.807) is 12.1 Å². The molecule has 6 nitrogen and oxygen atoms in total. The molecule has 2 aromatic carbocycles. The number of benzene rings is 2.